The molecule has 1 aromatic rings. The minimum atomic E-state index is -0.212. The smallest absolute Gasteiger partial charge is 0.161 e. The zero-order valence-electron chi connectivity index (χ0n) is 8.36. The Morgan fingerprint density at radius 2 is 2.14 bits per heavy atom. The average Bonchev–Trinajstić information content (AvgIpc) is 2.65. The second-order valence-corrected chi connectivity index (χ2v) is 3.76. The molecular weight excluding hydrogens is 174 g/mol. The van der Waals surface area contributed by atoms with E-state index < -0.39 is 0 Å². The molecule has 1 aliphatic heterocycles. The fourth-order valence-corrected chi connectivity index (χ4v) is 1.52. The predicted molar refractivity (Wildman–Crippen MR) is 56.5 cm³/mol. The third kappa shape index (κ3) is 2.15. The van der Waals surface area contributed by atoms with E-state index in [1.165, 1.54) is 5.56 Å². The van der Waals surface area contributed by atoms with E-state index >= 15 is 0 Å². The molecule has 0 spiro atoms. The molecule has 1 unspecified atom stereocenters. The number of hydrogen-bond acceptors (Lipinski definition) is 2. The van der Waals surface area contributed by atoms with Crippen LogP contribution in [0.5, 0.6) is 0 Å². The highest BCUT2D eigenvalue weighted by molar-refractivity contribution is 5.14. The first-order valence-electron chi connectivity index (χ1n) is 4.90. The molecule has 0 saturated heterocycles. The molecule has 74 valence electrons. The molecule has 2 heteroatoms. The molecule has 0 aliphatic carbocycles. The molecule has 0 saturated carbocycles. The zero-order chi connectivity index (χ0) is 9.86. The summed E-state index contributed by atoms with van der Waals surface area (Å²) in [6.07, 6.45) is 4.73. The Labute approximate surface area is 84.6 Å². The van der Waals surface area contributed by atoms with Crippen LogP contribution in [0.1, 0.15) is 18.9 Å². The van der Waals surface area contributed by atoms with E-state index in [4.69, 9.17) is 4.74 Å². The lowest BCUT2D eigenvalue weighted by atomic mass is 10.1. The van der Waals surface area contributed by atoms with Crippen molar-refractivity contribution in [3.63, 3.8) is 0 Å². The monoisotopic (exact) mass is 189 g/mol. The van der Waals surface area contributed by atoms with Gasteiger partial charge in [0.15, 0.2) is 5.72 Å². The van der Waals surface area contributed by atoms with Crippen LogP contribution in [0.3, 0.4) is 0 Å². The standard InChI is InChI=1S/C12H15NO/c1-12(8-5-9-14-12)13-10-11-6-3-2-4-7-11/h2-7,9,13H,8,10H2,1H3. The highest BCUT2D eigenvalue weighted by atomic mass is 16.5. The number of benzene rings is 1. The van der Waals surface area contributed by atoms with E-state index in [1.54, 1.807) is 6.26 Å². The molecule has 1 aliphatic rings. The van der Waals surface area contributed by atoms with Crippen molar-refractivity contribution < 1.29 is 4.74 Å². The molecule has 0 radical (unpaired) electrons. The first-order valence-corrected chi connectivity index (χ1v) is 4.90. The van der Waals surface area contributed by atoms with Crippen molar-refractivity contribution in [2.75, 3.05) is 0 Å². The minimum absolute atomic E-state index is 0.212. The lowest BCUT2D eigenvalue weighted by Gasteiger charge is -2.25. The van der Waals surface area contributed by atoms with Crippen LogP contribution in [0, 0.1) is 0 Å². The molecule has 2 nitrogen and oxygen atoms in total. The second kappa shape index (κ2) is 3.84. The van der Waals surface area contributed by atoms with Crippen molar-refractivity contribution in [1.29, 1.82) is 0 Å². The first kappa shape index (κ1) is 9.28. The number of nitrogens with one attached hydrogen (secondary N) is 1. The van der Waals surface area contributed by atoms with Crippen LogP contribution in [0.25, 0.3) is 0 Å². The van der Waals surface area contributed by atoms with Crippen molar-refractivity contribution in [2.45, 2.75) is 25.6 Å². The maximum Gasteiger partial charge on any atom is 0.161 e. The second-order valence-electron chi connectivity index (χ2n) is 3.76. The van der Waals surface area contributed by atoms with Crippen LogP contribution in [0.4, 0.5) is 0 Å². The van der Waals surface area contributed by atoms with Gasteiger partial charge in [-0.3, -0.25) is 5.32 Å². The topological polar surface area (TPSA) is 21.3 Å². The van der Waals surface area contributed by atoms with Crippen LogP contribution in [0.15, 0.2) is 42.7 Å². The molecule has 1 aromatic carbocycles. The Morgan fingerprint density at radius 1 is 1.36 bits per heavy atom. The fraction of sp³-hybridized carbons (Fsp3) is 0.333. The number of hydrogen-bond donors (Lipinski definition) is 1. The summed E-state index contributed by atoms with van der Waals surface area (Å²) in [5.41, 5.74) is 1.07. The van der Waals surface area contributed by atoms with Crippen molar-refractivity contribution in [1.82, 2.24) is 5.32 Å². The Hall–Kier alpha value is -1.28. The number of rotatable bonds is 3. The summed E-state index contributed by atoms with van der Waals surface area (Å²) in [5.74, 6) is 0. The summed E-state index contributed by atoms with van der Waals surface area (Å²) in [6, 6.07) is 10.3. The summed E-state index contributed by atoms with van der Waals surface area (Å²) < 4.78 is 5.47. The Balaban J connectivity index is 1.89. The highest BCUT2D eigenvalue weighted by Crippen LogP contribution is 2.19. The van der Waals surface area contributed by atoms with E-state index in [0.29, 0.717) is 0 Å². The van der Waals surface area contributed by atoms with Gasteiger partial charge in [0.05, 0.1) is 6.26 Å². The van der Waals surface area contributed by atoms with E-state index in [0.717, 1.165) is 13.0 Å². The number of ether oxygens (including phenoxy) is 1. The van der Waals surface area contributed by atoms with Crippen LogP contribution in [0.2, 0.25) is 0 Å². The maximum absolute atomic E-state index is 5.47. The molecule has 0 aromatic heterocycles. The van der Waals surface area contributed by atoms with Gasteiger partial charge in [-0.05, 0) is 18.6 Å². The van der Waals surface area contributed by atoms with Gasteiger partial charge < -0.3 is 4.74 Å². The van der Waals surface area contributed by atoms with Crippen molar-refractivity contribution >= 4 is 0 Å². The summed E-state index contributed by atoms with van der Waals surface area (Å²) in [5, 5.41) is 3.39. The van der Waals surface area contributed by atoms with Crippen molar-refractivity contribution in [3.8, 4) is 0 Å². The van der Waals surface area contributed by atoms with Crippen LogP contribution in [-0.2, 0) is 11.3 Å². The fourth-order valence-electron chi connectivity index (χ4n) is 1.52. The summed E-state index contributed by atoms with van der Waals surface area (Å²) in [6.45, 7) is 2.91. The van der Waals surface area contributed by atoms with Gasteiger partial charge >= 0.3 is 0 Å². The van der Waals surface area contributed by atoms with Gasteiger partial charge in [-0.15, -0.1) is 0 Å². The van der Waals surface area contributed by atoms with Gasteiger partial charge in [0.1, 0.15) is 0 Å². The largest absolute Gasteiger partial charge is 0.481 e. The van der Waals surface area contributed by atoms with Gasteiger partial charge in [0, 0.05) is 13.0 Å². The molecule has 0 amide bonds. The minimum Gasteiger partial charge on any atom is -0.481 e. The van der Waals surface area contributed by atoms with Crippen LogP contribution >= 0.6 is 0 Å². The average molecular weight is 189 g/mol. The molecule has 1 N–H and O–H groups in total. The lowest BCUT2D eigenvalue weighted by molar-refractivity contribution is 0.0272. The Bertz CT molecular complexity index is 310. The summed E-state index contributed by atoms with van der Waals surface area (Å²) >= 11 is 0. The van der Waals surface area contributed by atoms with Gasteiger partial charge in [-0.25, -0.2) is 0 Å². The van der Waals surface area contributed by atoms with E-state index in [-0.39, 0.29) is 5.72 Å². The van der Waals surface area contributed by atoms with Crippen molar-refractivity contribution in [2.24, 2.45) is 0 Å². The molecule has 0 fully saturated rings. The highest BCUT2D eigenvalue weighted by Gasteiger charge is 2.25. The van der Waals surface area contributed by atoms with E-state index in [9.17, 15) is 0 Å². The Morgan fingerprint density at radius 3 is 2.79 bits per heavy atom. The first-order chi connectivity index (χ1) is 6.79. The summed E-state index contributed by atoms with van der Waals surface area (Å²) in [7, 11) is 0. The van der Waals surface area contributed by atoms with E-state index in [2.05, 4.69) is 24.4 Å². The van der Waals surface area contributed by atoms with Crippen LogP contribution in [-0.4, -0.2) is 5.72 Å². The van der Waals surface area contributed by atoms with Gasteiger partial charge in [-0.2, -0.15) is 0 Å². The van der Waals surface area contributed by atoms with Gasteiger partial charge in [0.25, 0.3) is 0 Å². The normalized spacial score (nSPS) is 24.9. The molecular formula is C12H15NO. The molecule has 1 heterocycles. The van der Waals surface area contributed by atoms with Gasteiger partial charge in [0.2, 0.25) is 0 Å². The molecule has 1 atom stereocenters. The summed E-state index contributed by atoms with van der Waals surface area (Å²) in [4.78, 5) is 0. The van der Waals surface area contributed by atoms with Crippen molar-refractivity contribution in [3.05, 3.63) is 48.2 Å². The third-order valence-corrected chi connectivity index (χ3v) is 2.44. The zero-order valence-corrected chi connectivity index (χ0v) is 8.36. The van der Waals surface area contributed by atoms with Crippen LogP contribution < -0.4 is 5.32 Å². The lowest BCUT2D eigenvalue weighted by Crippen LogP contribution is -2.40. The quantitative estimate of drug-likeness (QED) is 0.788. The predicted octanol–water partition coefficient (Wildman–Crippen LogP) is 2.43. The maximum atomic E-state index is 5.47. The molecule has 2 rings (SSSR count). The molecule has 0 bridgehead atoms. The SMILES string of the molecule is CC1(NCc2ccccc2)CC=CO1. The Kier molecular flexibility index (Phi) is 2.55. The third-order valence-electron chi connectivity index (χ3n) is 2.44. The van der Waals surface area contributed by atoms with E-state index in [1.807, 2.05) is 24.3 Å². The molecule has 14 heavy (non-hydrogen) atoms. The van der Waals surface area contributed by atoms with Gasteiger partial charge in [-0.1, -0.05) is 30.3 Å².